The molecule has 1 aliphatic heterocycles. The smallest absolute Gasteiger partial charge is 0.228 e. The molecule has 23 heavy (non-hydrogen) atoms. The predicted octanol–water partition coefficient (Wildman–Crippen LogP) is 2.11. The monoisotopic (exact) mass is 306 g/mol. The van der Waals surface area contributed by atoms with Crippen LogP contribution in [-0.4, -0.2) is 34.6 Å². The maximum absolute atomic E-state index is 12.6. The molecule has 0 aromatic heterocycles. The standard InChI is InChI=1S/C19H18N2O2/c20-12-16-19(15-9-5-2-6-10-15)17(13-22)21(16)18(23)11-14-7-3-1-4-8-14/h1-10,16-17,19,22H,11,13H2/t16-,17-,19+/m0/s1. The molecule has 1 saturated heterocycles. The molecular formula is C19H18N2O2. The molecule has 0 saturated carbocycles. The maximum Gasteiger partial charge on any atom is 0.228 e. The van der Waals surface area contributed by atoms with Gasteiger partial charge in [0, 0.05) is 5.92 Å². The molecule has 2 aromatic carbocycles. The first-order valence-electron chi connectivity index (χ1n) is 7.66. The van der Waals surface area contributed by atoms with E-state index in [2.05, 4.69) is 6.07 Å². The number of aliphatic hydroxyl groups excluding tert-OH is 1. The van der Waals surface area contributed by atoms with E-state index in [0.29, 0.717) is 0 Å². The zero-order chi connectivity index (χ0) is 16.2. The minimum atomic E-state index is -0.522. The van der Waals surface area contributed by atoms with Gasteiger partial charge in [0.15, 0.2) is 0 Å². The van der Waals surface area contributed by atoms with Gasteiger partial charge in [-0.3, -0.25) is 4.79 Å². The fourth-order valence-corrected chi connectivity index (χ4v) is 3.29. The van der Waals surface area contributed by atoms with Gasteiger partial charge in [-0.15, -0.1) is 0 Å². The minimum absolute atomic E-state index is 0.117. The summed E-state index contributed by atoms with van der Waals surface area (Å²) in [6.07, 6.45) is 0.247. The second-order valence-corrected chi connectivity index (χ2v) is 5.72. The SMILES string of the molecule is N#C[C@H]1[C@@H](c2ccccc2)[C@H](CO)N1C(=O)Cc1ccccc1. The molecule has 3 atom stereocenters. The molecule has 0 bridgehead atoms. The van der Waals surface area contributed by atoms with Gasteiger partial charge < -0.3 is 10.0 Å². The van der Waals surface area contributed by atoms with Crippen molar-refractivity contribution in [1.29, 1.82) is 5.26 Å². The molecule has 4 heteroatoms. The lowest BCUT2D eigenvalue weighted by Crippen LogP contribution is -2.65. The highest BCUT2D eigenvalue weighted by atomic mass is 16.3. The molecule has 2 aromatic rings. The van der Waals surface area contributed by atoms with E-state index < -0.39 is 6.04 Å². The summed E-state index contributed by atoms with van der Waals surface area (Å²) in [4.78, 5) is 14.1. The van der Waals surface area contributed by atoms with Crippen LogP contribution in [-0.2, 0) is 11.2 Å². The second kappa shape index (κ2) is 6.64. The van der Waals surface area contributed by atoms with Gasteiger partial charge in [-0.25, -0.2) is 0 Å². The number of nitriles is 1. The van der Waals surface area contributed by atoms with E-state index in [1.54, 1.807) is 0 Å². The first kappa shape index (κ1) is 15.3. The number of aliphatic hydroxyl groups is 1. The Hall–Kier alpha value is -2.64. The van der Waals surface area contributed by atoms with E-state index in [4.69, 9.17) is 0 Å². The van der Waals surface area contributed by atoms with Gasteiger partial charge in [0.25, 0.3) is 0 Å². The van der Waals surface area contributed by atoms with Crippen LogP contribution >= 0.6 is 0 Å². The van der Waals surface area contributed by atoms with Gasteiger partial charge in [-0.05, 0) is 11.1 Å². The molecule has 1 N–H and O–H groups in total. The predicted molar refractivity (Wildman–Crippen MR) is 86.4 cm³/mol. The van der Waals surface area contributed by atoms with E-state index in [0.717, 1.165) is 11.1 Å². The maximum atomic E-state index is 12.6. The van der Waals surface area contributed by atoms with Crippen LogP contribution in [0.25, 0.3) is 0 Å². The fourth-order valence-electron chi connectivity index (χ4n) is 3.29. The first-order valence-corrected chi connectivity index (χ1v) is 7.66. The van der Waals surface area contributed by atoms with Crippen LogP contribution in [0.1, 0.15) is 17.0 Å². The molecule has 0 radical (unpaired) electrons. The largest absolute Gasteiger partial charge is 0.394 e. The Morgan fingerprint density at radius 1 is 1.09 bits per heavy atom. The number of carbonyl (C=O) groups is 1. The van der Waals surface area contributed by atoms with Crippen molar-refractivity contribution in [3.05, 3.63) is 71.8 Å². The van der Waals surface area contributed by atoms with Crippen molar-refractivity contribution >= 4 is 5.91 Å². The number of benzene rings is 2. The molecule has 0 aliphatic carbocycles. The van der Waals surface area contributed by atoms with Gasteiger partial charge in [0.1, 0.15) is 6.04 Å². The van der Waals surface area contributed by atoms with E-state index in [-0.39, 0.29) is 30.9 Å². The summed E-state index contributed by atoms with van der Waals surface area (Å²) in [5, 5.41) is 19.2. The van der Waals surface area contributed by atoms with E-state index >= 15 is 0 Å². The van der Waals surface area contributed by atoms with Crippen molar-refractivity contribution in [2.24, 2.45) is 0 Å². The van der Waals surface area contributed by atoms with E-state index in [1.165, 1.54) is 4.90 Å². The average molecular weight is 306 g/mol. The Labute approximate surface area is 135 Å². The normalized spacial score (nSPS) is 23.0. The van der Waals surface area contributed by atoms with Crippen LogP contribution < -0.4 is 0 Å². The summed E-state index contributed by atoms with van der Waals surface area (Å²) in [7, 11) is 0. The zero-order valence-electron chi connectivity index (χ0n) is 12.7. The quantitative estimate of drug-likeness (QED) is 0.941. The molecule has 3 rings (SSSR count). The van der Waals surface area contributed by atoms with Crippen molar-refractivity contribution in [1.82, 2.24) is 4.90 Å². The average Bonchev–Trinajstić information content (AvgIpc) is 2.56. The molecular weight excluding hydrogens is 288 g/mol. The number of likely N-dealkylation sites (tertiary alicyclic amines) is 1. The Balaban J connectivity index is 1.80. The van der Waals surface area contributed by atoms with Crippen molar-refractivity contribution in [3.63, 3.8) is 0 Å². The lowest BCUT2D eigenvalue weighted by Gasteiger charge is -2.51. The van der Waals surface area contributed by atoms with Crippen molar-refractivity contribution in [2.75, 3.05) is 6.61 Å². The Morgan fingerprint density at radius 3 is 2.26 bits per heavy atom. The van der Waals surface area contributed by atoms with Crippen molar-refractivity contribution < 1.29 is 9.90 Å². The molecule has 116 valence electrons. The number of hydrogen-bond donors (Lipinski definition) is 1. The van der Waals surface area contributed by atoms with Gasteiger partial charge in [-0.1, -0.05) is 60.7 Å². The van der Waals surface area contributed by atoms with Crippen molar-refractivity contribution in [3.8, 4) is 6.07 Å². The molecule has 4 nitrogen and oxygen atoms in total. The van der Waals surface area contributed by atoms with Gasteiger partial charge in [0.2, 0.25) is 5.91 Å². The number of carbonyl (C=O) groups excluding carboxylic acids is 1. The van der Waals surface area contributed by atoms with Gasteiger partial charge in [-0.2, -0.15) is 5.26 Å². The fraction of sp³-hybridized carbons (Fsp3) is 0.263. The topological polar surface area (TPSA) is 64.3 Å². The zero-order valence-corrected chi connectivity index (χ0v) is 12.7. The third-order valence-corrected chi connectivity index (χ3v) is 4.40. The summed E-state index contributed by atoms with van der Waals surface area (Å²) in [5.41, 5.74) is 1.90. The molecule has 1 aliphatic rings. The molecule has 1 fully saturated rings. The second-order valence-electron chi connectivity index (χ2n) is 5.72. The Bertz CT molecular complexity index is 709. The number of hydrogen-bond acceptors (Lipinski definition) is 3. The number of amides is 1. The third kappa shape index (κ3) is 2.84. The Kier molecular flexibility index (Phi) is 4.40. The van der Waals surface area contributed by atoms with Crippen molar-refractivity contribution in [2.45, 2.75) is 24.4 Å². The highest BCUT2D eigenvalue weighted by Gasteiger charge is 2.51. The number of nitrogens with zero attached hydrogens (tertiary/aromatic N) is 2. The summed E-state index contributed by atoms with van der Waals surface area (Å²) in [6, 6.07) is 20.4. The molecule has 0 spiro atoms. The third-order valence-electron chi connectivity index (χ3n) is 4.40. The van der Waals surface area contributed by atoms with E-state index in [1.807, 2.05) is 60.7 Å². The highest BCUT2D eigenvalue weighted by Crippen LogP contribution is 2.40. The van der Waals surface area contributed by atoms with Gasteiger partial charge in [0.05, 0.1) is 25.1 Å². The lowest BCUT2D eigenvalue weighted by atomic mass is 9.75. The first-order chi connectivity index (χ1) is 11.3. The summed E-state index contributed by atoms with van der Waals surface area (Å²) < 4.78 is 0. The van der Waals surface area contributed by atoms with Crippen LogP contribution in [0.3, 0.4) is 0 Å². The van der Waals surface area contributed by atoms with Crippen LogP contribution in [0.4, 0.5) is 0 Å². The minimum Gasteiger partial charge on any atom is -0.394 e. The summed E-state index contributed by atoms with van der Waals surface area (Å²) in [6.45, 7) is -0.141. The highest BCUT2D eigenvalue weighted by molar-refractivity contribution is 5.81. The lowest BCUT2D eigenvalue weighted by molar-refractivity contribution is -0.146. The van der Waals surface area contributed by atoms with Crippen LogP contribution in [0, 0.1) is 11.3 Å². The Morgan fingerprint density at radius 2 is 1.70 bits per heavy atom. The van der Waals surface area contributed by atoms with Crippen LogP contribution in [0.5, 0.6) is 0 Å². The van der Waals surface area contributed by atoms with Crippen LogP contribution in [0.2, 0.25) is 0 Å². The molecule has 1 heterocycles. The van der Waals surface area contributed by atoms with Gasteiger partial charge >= 0.3 is 0 Å². The molecule has 0 unspecified atom stereocenters. The number of rotatable bonds is 4. The summed E-state index contributed by atoms with van der Waals surface area (Å²) in [5.74, 6) is -0.250. The molecule has 1 amide bonds. The van der Waals surface area contributed by atoms with E-state index in [9.17, 15) is 15.2 Å². The van der Waals surface area contributed by atoms with Crippen LogP contribution in [0.15, 0.2) is 60.7 Å². The summed E-state index contributed by atoms with van der Waals surface area (Å²) >= 11 is 0.